The lowest BCUT2D eigenvalue weighted by atomic mass is 10.0. The van der Waals surface area contributed by atoms with E-state index in [1.807, 2.05) is 94.4 Å². The Morgan fingerprint density at radius 1 is 0.792 bits per heavy atom. The number of hydrogen-bond donors (Lipinski definition) is 1. The lowest BCUT2D eigenvalue weighted by molar-refractivity contribution is -0.140. The smallest absolute Gasteiger partial charge is 0.264 e. The number of hydrogen-bond acceptors (Lipinski definition) is 6. The third kappa shape index (κ3) is 8.95. The molecule has 0 bridgehead atoms. The van der Waals surface area contributed by atoms with Gasteiger partial charge < -0.3 is 19.7 Å². The van der Waals surface area contributed by atoms with E-state index < -0.39 is 28.5 Å². The maximum Gasteiger partial charge on any atom is 0.264 e. The zero-order valence-corrected chi connectivity index (χ0v) is 29.3. The highest BCUT2D eigenvalue weighted by Crippen LogP contribution is 2.33. The van der Waals surface area contributed by atoms with Crippen LogP contribution in [-0.4, -0.2) is 58.0 Å². The van der Waals surface area contributed by atoms with Gasteiger partial charge in [-0.3, -0.25) is 13.9 Å². The summed E-state index contributed by atoms with van der Waals surface area (Å²) in [5.41, 5.74) is 3.68. The van der Waals surface area contributed by atoms with Crippen LogP contribution < -0.4 is 19.1 Å². The number of aryl methyl sites for hydroxylation is 2. The number of carbonyl (C=O) groups is 2. The molecule has 254 valence electrons. The van der Waals surface area contributed by atoms with E-state index >= 15 is 0 Å². The number of sulfonamides is 1. The van der Waals surface area contributed by atoms with Gasteiger partial charge in [-0.15, -0.1) is 0 Å². The summed E-state index contributed by atoms with van der Waals surface area (Å²) in [6, 6.07) is 27.6. The molecule has 4 rings (SSSR count). The molecule has 0 heterocycles. The topological polar surface area (TPSA) is 105 Å². The minimum Gasteiger partial charge on any atom is -0.493 e. The third-order valence-corrected chi connectivity index (χ3v) is 9.95. The van der Waals surface area contributed by atoms with E-state index in [0.717, 1.165) is 26.6 Å². The summed E-state index contributed by atoms with van der Waals surface area (Å²) in [4.78, 5) is 30.1. The second kappa shape index (κ2) is 16.3. The number of benzene rings is 4. The third-order valence-electron chi connectivity index (χ3n) is 8.18. The summed E-state index contributed by atoms with van der Waals surface area (Å²) in [5.74, 6) is -0.225. The molecule has 0 spiro atoms. The molecule has 0 aliphatic rings. The standard InChI is InChI=1S/C38H45N3O6S/c1-7-29(4)39-38(43)34(23-30-14-10-8-11-15-30)40(25-31-16-12-9-13-17-31)37(42)26-41(32-21-27(2)20-28(3)22-32)48(44,45)33-18-19-35(46-5)36(24-33)47-6/h8-22,24,29,34H,7,23,25-26H2,1-6H3,(H,39,43). The van der Waals surface area contributed by atoms with Gasteiger partial charge in [-0.25, -0.2) is 8.42 Å². The average Bonchev–Trinajstić information content (AvgIpc) is 3.08. The number of methoxy groups -OCH3 is 2. The minimum atomic E-state index is -4.32. The SMILES string of the molecule is CCC(C)NC(=O)C(Cc1ccccc1)N(Cc1ccccc1)C(=O)CN(c1cc(C)cc(C)c1)S(=O)(=O)c1ccc(OC)c(OC)c1. The Bertz CT molecular complexity index is 1780. The van der Waals surface area contributed by atoms with Crippen LogP contribution in [0.1, 0.15) is 42.5 Å². The quantitative estimate of drug-likeness (QED) is 0.165. The number of rotatable bonds is 15. The first-order valence-electron chi connectivity index (χ1n) is 16.0. The molecule has 2 unspecified atom stereocenters. The Morgan fingerprint density at radius 2 is 1.38 bits per heavy atom. The molecule has 2 amide bonds. The van der Waals surface area contributed by atoms with Gasteiger partial charge in [-0.2, -0.15) is 0 Å². The molecule has 0 aliphatic carbocycles. The molecule has 2 atom stereocenters. The van der Waals surface area contributed by atoms with Crippen LogP contribution in [0.15, 0.2) is 102 Å². The van der Waals surface area contributed by atoms with Gasteiger partial charge in [0, 0.05) is 25.1 Å². The Morgan fingerprint density at radius 3 is 1.94 bits per heavy atom. The van der Waals surface area contributed by atoms with Crippen molar-refractivity contribution in [3.63, 3.8) is 0 Å². The molecule has 0 saturated heterocycles. The fourth-order valence-electron chi connectivity index (χ4n) is 5.50. The van der Waals surface area contributed by atoms with E-state index in [4.69, 9.17) is 9.47 Å². The first-order chi connectivity index (χ1) is 23.0. The fraction of sp³-hybridized carbons (Fsp3) is 0.316. The molecule has 4 aromatic rings. The van der Waals surface area contributed by atoms with Gasteiger partial charge in [-0.05, 0) is 73.7 Å². The predicted molar refractivity (Wildman–Crippen MR) is 189 cm³/mol. The maximum atomic E-state index is 14.7. The van der Waals surface area contributed by atoms with Crippen LogP contribution in [0.25, 0.3) is 0 Å². The van der Waals surface area contributed by atoms with E-state index in [1.165, 1.54) is 37.3 Å². The van der Waals surface area contributed by atoms with Gasteiger partial charge in [-0.1, -0.05) is 73.7 Å². The molecule has 0 aliphatic heterocycles. The highest BCUT2D eigenvalue weighted by atomic mass is 32.2. The number of ether oxygens (including phenoxy) is 2. The molecule has 9 nitrogen and oxygen atoms in total. The van der Waals surface area contributed by atoms with Crippen molar-refractivity contribution >= 4 is 27.5 Å². The van der Waals surface area contributed by atoms with Gasteiger partial charge in [0.25, 0.3) is 10.0 Å². The van der Waals surface area contributed by atoms with E-state index in [9.17, 15) is 18.0 Å². The Labute approximate surface area is 284 Å². The summed E-state index contributed by atoms with van der Waals surface area (Å²) in [7, 11) is -1.43. The second-order valence-corrected chi connectivity index (χ2v) is 13.8. The van der Waals surface area contributed by atoms with E-state index in [-0.39, 0.29) is 35.6 Å². The number of amides is 2. The summed E-state index contributed by atoms with van der Waals surface area (Å²) in [6.07, 6.45) is 0.953. The monoisotopic (exact) mass is 671 g/mol. The average molecular weight is 672 g/mol. The van der Waals surface area contributed by atoms with Crippen molar-refractivity contribution < 1.29 is 27.5 Å². The Kier molecular flexibility index (Phi) is 12.2. The van der Waals surface area contributed by atoms with Gasteiger partial charge >= 0.3 is 0 Å². The maximum absolute atomic E-state index is 14.7. The number of nitrogens with zero attached hydrogens (tertiary/aromatic N) is 2. The van der Waals surface area contributed by atoms with Crippen LogP contribution in [0, 0.1) is 13.8 Å². The normalized spacial score (nSPS) is 12.5. The molecular weight excluding hydrogens is 627 g/mol. The minimum absolute atomic E-state index is 0.0722. The van der Waals surface area contributed by atoms with Gasteiger partial charge in [0.05, 0.1) is 24.8 Å². The van der Waals surface area contributed by atoms with E-state index in [1.54, 1.807) is 12.1 Å². The van der Waals surface area contributed by atoms with Crippen LogP contribution in [0.5, 0.6) is 11.5 Å². The van der Waals surface area contributed by atoms with Crippen LogP contribution in [0.3, 0.4) is 0 Å². The second-order valence-electron chi connectivity index (χ2n) is 11.9. The van der Waals surface area contributed by atoms with Crippen molar-refractivity contribution in [2.24, 2.45) is 0 Å². The van der Waals surface area contributed by atoms with Crippen molar-refractivity contribution in [1.29, 1.82) is 0 Å². The molecule has 10 heteroatoms. The summed E-state index contributed by atoms with van der Waals surface area (Å²) in [6.45, 7) is 7.19. The van der Waals surface area contributed by atoms with Crippen molar-refractivity contribution in [2.75, 3.05) is 25.1 Å². The lowest BCUT2D eigenvalue weighted by Gasteiger charge is -2.34. The van der Waals surface area contributed by atoms with E-state index in [2.05, 4.69) is 5.32 Å². The summed E-state index contributed by atoms with van der Waals surface area (Å²) in [5, 5.41) is 3.06. The molecular formula is C38H45N3O6S. The van der Waals surface area contributed by atoms with Crippen LogP contribution >= 0.6 is 0 Å². The van der Waals surface area contributed by atoms with Gasteiger partial charge in [0.1, 0.15) is 12.6 Å². The molecule has 4 aromatic carbocycles. The highest BCUT2D eigenvalue weighted by molar-refractivity contribution is 7.92. The van der Waals surface area contributed by atoms with Crippen molar-refractivity contribution in [1.82, 2.24) is 10.2 Å². The Balaban J connectivity index is 1.84. The molecule has 0 radical (unpaired) electrons. The highest BCUT2D eigenvalue weighted by Gasteiger charge is 2.35. The first-order valence-corrected chi connectivity index (χ1v) is 17.4. The molecule has 1 N–H and O–H groups in total. The summed E-state index contributed by atoms with van der Waals surface area (Å²) >= 11 is 0. The van der Waals surface area contributed by atoms with Crippen molar-refractivity contribution in [3.05, 3.63) is 119 Å². The van der Waals surface area contributed by atoms with Gasteiger partial charge in [0.15, 0.2) is 11.5 Å². The molecule has 0 aromatic heterocycles. The largest absolute Gasteiger partial charge is 0.493 e. The first kappa shape index (κ1) is 36.0. The van der Waals surface area contributed by atoms with Crippen LogP contribution in [0.2, 0.25) is 0 Å². The molecule has 0 saturated carbocycles. The predicted octanol–water partition coefficient (Wildman–Crippen LogP) is 6.07. The fourth-order valence-corrected chi connectivity index (χ4v) is 6.92. The number of anilines is 1. The number of nitrogens with one attached hydrogen (secondary N) is 1. The van der Waals surface area contributed by atoms with Crippen LogP contribution in [-0.2, 0) is 32.6 Å². The summed E-state index contributed by atoms with van der Waals surface area (Å²) < 4.78 is 40.9. The zero-order chi connectivity index (χ0) is 34.8. The van der Waals surface area contributed by atoms with Crippen molar-refractivity contribution in [2.45, 2.75) is 64.1 Å². The van der Waals surface area contributed by atoms with Crippen LogP contribution in [0.4, 0.5) is 5.69 Å². The number of carbonyl (C=O) groups excluding carboxylic acids is 2. The van der Waals surface area contributed by atoms with E-state index in [0.29, 0.717) is 17.9 Å². The van der Waals surface area contributed by atoms with Crippen molar-refractivity contribution in [3.8, 4) is 11.5 Å². The lowest BCUT2D eigenvalue weighted by Crippen LogP contribution is -2.54. The van der Waals surface area contributed by atoms with Gasteiger partial charge in [0.2, 0.25) is 11.8 Å². The zero-order valence-electron chi connectivity index (χ0n) is 28.5. The molecule has 0 fully saturated rings. The Hall–Kier alpha value is -4.83. The molecule has 48 heavy (non-hydrogen) atoms.